The Balaban J connectivity index is 4.51. The number of carbonyl (C=O) groups excluding carboxylic acids is 3. The van der Waals surface area contributed by atoms with E-state index in [0.29, 0.717) is 25.7 Å². The van der Waals surface area contributed by atoms with Crippen molar-refractivity contribution < 1.29 is 28.6 Å². The summed E-state index contributed by atoms with van der Waals surface area (Å²) in [6, 6.07) is 0. The van der Waals surface area contributed by atoms with E-state index in [2.05, 4.69) is 106 Å². The first kappa shape index (κ1) is 56.8. The molecule has 0 N–H and O–H groups in total. The molecule has 1 unspecified atom stereocenters. The molecular formula is C55H86O6. The van der Waals surface area contributed by atoms with Crippen LogP contribution in [0.2, 0.25) is 0 Å². The monoisotopic (exact) mass is 843 g/mol. The molecule has 0 heterocycles. The van der Waals surface area contributed by atoms with Crippen molar-refractivity contribution in [3.63, 3.8) is 0 Å². The second-order valence-corrected chi connectivity index (χ2v) is 15.4. The molecule has 0 aromatic carbocycles. The van der Waals surface area contributed by atoms with Crippen molar-refractivity contribution in [2.24, 2.45) is 0 Å². The molecule has 0 aromatic heterocycles. The fourth-order valence-electron chi connectivity index (χ4n) is 5.93. The molecule has 0 rings (SSSR count). The molecule has 0 saturated carbocycles. The first-order valence-electron chi connectivity index (χ1n) is 24.1. The molecule has 61 heavy (non-hydrogen) atoms. The Morgan fingerprint density at radius 2 is 0.754 bits per heavy atom. The van der Waals surface area contributed by atoms with Gasteiger partial charge in [-0.3, -0.25) is 14.4 Å². The van der Waals surface area contributed by atoms with Crippen LogP contribution in [0.5, 0.6) is 0 Å². The van der Waals surface area contributed by atoms with Gasteiger partial charge < -0.3 is 14.2 Å². The molecule has 0 aliphatic heterocycles. The molecule has 0 bridgehead atoms. The van der Waals surface area contributed by atoms with Crippen molar-refractivity contribution in [3.05, 3.63) is 122 Å². The van der Waals surface area contributed by atoms with Crippen LogP contribution in [0.15, 0.2) is 122 Å². The number of rotatable bonds is 41. The van der Waals surface area contributed by atoms with Gasteiger partial charge in [0.1, 0.15) is 13.2 Å². The van der Waals surface area contributed by atoms with Gasteiger partial charge in [0.25, 0.3) is 0 Å². The van der Waals surface area contributed by atoms with E-state index >= 15 is 0 Å². The van der Waals surface area contributed by atoms with Crippen LogP contribution in [0.25, 0.3) is 0 Å². The Labute approximate surface area is 373 Å². The summed E-state index contributed by atoms with van der Waals surface area (Å²) in [5.74, 6) is -1.02. The van der Waals surface area contributed by atoms with Gasteiger partial charge in [0.15, 0.2) is 6.10 Å². The maximum absolute atomic E-state index is 12.7. The molecule has 6 heteroatoms. The Morgan fingerprint density at radius 3 is 1.31 bits per heavy atom. The first-order chi connectivity index (χ1) is 30.0. The molecule has 0 amide bonds. The zero-order chi connectivity index (χ0) is 44.4. The van der Waals surface area contributed by atoms with Gasteiger partial charge in [0.2, 0.25) is 0 Å². The zero-order valence-electron chi connectivity index (χ0n) is 38.9. The molecule has 6 nitrogen and oxygen atoms in total. The lowest BCUT2D eigenvalue weighted by Gasteiger charge is -2.18. The number of unbranched alkanes of at least 4 members (excludes halogenated alkanes) is 14. The standard InChI is InChI=1S/C55H86O6/c1-4-7-10-13-16-19-21-23-25-27-28-30-31-33-36-39-42-45-48-54(57)60-51-52(50-59-53(56)47-44-41-38-35-18-15-12-9-6-3)61-55(58)49-46-43-40-37-34-32-29-26-24-22-20-17-14-11-8-5-2/h8,10-11,13,16-17,19-21,23-28,30,32,34-35,38,52H,4-7,9,12,14-15,18,22,29,31,33,36-37,39-51H2,1-3H3/b11-8-,13-10-,19-16-,20-17-,23-21-,26-24-,27-25-,30-28-,34-32-,38-35-. The number of allylic oxidation sites excluding steroid dienone is 20. The quantitative estimate of drug-likeness (QED) is 0.0201. The Kier molecular flexibility index (Phi) is 45.1. The van der Waals surface area contributed by atoms with Crippen molar-refractivity contribution in [2.75, 3.05) is 13.2 Å². The molecule has 0 spiro atoms. The highest BCUT2D eigenvalue weighted by atomic mass is 16.6. The van der Waals surface area contributed by atoms with Crippen LogP contribution in [-0.2, 0) is 28.6 Å². The molecule has 0 aromatic rings. The third-order valence-corrected chi connectivity index (χ3v) is 9.53. The van der Waals surface area contributed by atoms with Gasteiger partial charge in [0, 0.05) is 19.3 Å². The SMILES string of the molecule is CC/C=C\C/C=C\C/C=C\C/C=C\CCCCCC(=O)OC(COC(=O)CCC/C=C\CCCCCC)COC(=O)CCCCCCC\C=C/C=C\C=C/C=C\C=C/CCC. The van der Waals surface area contributed by atoms with Crippen molar-refractivity contribution in [1.82, 2.24) is 0 Å². The Morgan fingerprint density at radius 1 is 0.361 bits per heavy atom. The van der Waals surface area contributed by atoms with Crippen LogP contribution in [0.3, 0.4) is 0 Å². The lowest BCUT2D eigenvalue weighted by atomic mass is 10.1. The van der Waals surface area contributed by atoms with Gasteiger partial charge >= 0.3 is 17.9 Å². The summed E-state index contributed by atoms with van der Waals surface area (Å²) in [6.07, 6.45) is 66.1. The maximum Gasteiger partial charge on any atom is 0.306 e. The average molecular weight is 843 g/mol. The molecule has 0 saturated heterocycles. The highest BCUT2D eigenvalue weighted by Crippen LogP contribution is 2.11. The van der Waals surface area contributed by atoms with E-state index in [0.717, 1.165) is 103 Å². The second kappa shape index (κ2) is 48.5. The van der Waals surface area contributed by atoms with E-state index < -0.39 is 6.10 Å². The van der Waals surface area contributed by atoms with Crippen LogP contribution in [-0.4, -0.2) is 37.2 Å². The molecule has 0 fully saturated rings. The van der Waals surface area contributed by atoms with Gasteiger partial charge in [-0.2, -0.15) is 0 Å². The van der Waals surface area contributed by atoms with Crippen molar-refractivity contribution in [3.8, 4) is 0 Å². The topological polar surface area (TPSA) is 78.9 Å². The van der Waals surface area contributed by atoms with Gasteiger partial charge in [0.05, 0.1) is 0 Å². The van der Waals surface area contributed by atoms with E-state index in [1.807, 2.05) is 36.5 Å². The van der Waals surface area contributed by atoms with Gasteiger partial charge in [-0.1, -0.05) is 194 Å². The summed E-state index contributed by atoms with van der Waals surface area (Å²) in [7, 11) is 0. The molecule has 0 aliphatic rings. The molecule has 0 radical (unpaired) electrons. The number of hydrogen-bond donors (Lipinski definition) is 0. The van der Waals surface area contributed by atoms with Gasteiger partial charge in [-0.25, -0.2) is 0 Å². The second-order valence-electron chi connectivity index (χ2n) is 15.4. The lowest BCUT2D eigenvalue weighted by Crippen LogP contribution is -2.30. The highest BCUT2D eigenvalue weighted by molar-refractivity contribution is 5.71. The summed E-state index contributed by atoms with van der Waals surface area (Å²) in [6.45, 7) is 6.29. The predicted octanol–water partition coefficient (Wildman–Crippen LogP) is 15.7. The van der Waals surface area contributed by atoms with Gasteiger partial charge in [-0.05, 0) is 96.3 Å². The van der Waals surface area contributed by atoms with Crippen LogP contribution in [0, 0.1) is 0 Å². The molecule has 1 atom stereocenters. The number of hydrogen-bond acceptors (Lipinski definition) is 6. The average Bonchev–Trinajstić information content (AvgIpc) is 3.26. The summed E-state index contributed by atoms with van der Waals surface area (Å²) in [5.41, 5.74) is 0. The first-order valence-corrected chi connectivity index (χ1v) is 24.1. The van der Waals surface area contributed by atoms with Crippen molar-refractivity contribution >= 4 is 17.9 Å². The Hall–Kier alpha value is -4.19. The van der Waals surface area contributed by atoms with E-state index in [4.69, 9.17) is 14.2 Å². The van der Waals surface area contributed by atoms with E-state index in [1.165, 1.54) is 32.1 Å². The summed E-state index contributed by atoms with van der Waals surface area (Å²) in [4.78, 5) is 37.8. The smallest absolute Gasteiger partial charge is 0.306 e. The number of carbonyl (C=O) groups is 3. The number of ether oxygens (including phenoxy) is 3. The fraction of sp³-hybridized carbons (Fsp3) is 0.582. The molecule has 342 valence electrons. The highest BCUT2D eigenvalue weighted by Gasteiger charge is 2.19. The Bertz CT molecular complexity index is 1340. The zero-order valence-corrected chi connectivity index (χ0v) is 38.9. The van der Waals surface area contributed by atoms with Crippen LogP contribution in [0.1, 0.15) is 188 Å². The third-order valence-electron chi connectivity index (χ3n) is 9.53. The maximum atomic E-state index is 12.7. The van der Waals surface area contributed by atoms with Crippen LogP contribution in [0.4, 0.5) is 0 Å². The minimum atomic E-state index is -0.818. The van der Waals surface area contributed by atoms with Crippen molar-refractivity contribution in [1.29, 1.82) is 0 Å². The summed E-state index contributed by atoms with van der Waals surface area (Å²) < 4.78 is 16.6. The normalized spacial score (nSPS) is 13.2. The fourth-order valence-corrected chi connectivity index (χ4v) is 5.93. The molecule has 0 aliphatic carbocycles. The summed E-state index contributed by atoms with van der Waals surface area (Å²) in [5, 5.41) is 0. The van der Waals surface area contributed by atoms with E-state index in [-0.39, 0.29) is 37.5 Å². The lowest BCUT2D eigenvalue weighted by molar-refractivity contribution is -0.167. The minimum Gasteiger partial charge on any atom is -0.462 e. The van der Waals surface area contributed by atoms with Crippen molar-refractivity contribution in [2.45, 2.75) is 194 Å². The van der Waals surface area contributed by atoms with Crippen LogP contribution >= 0.6 is 0 Å². The molecular weight excluding hydrogens is 757 g/mol. The minimum absolute atomic E-state index is 0.117. The predicted molar refractivity (Wildman–Crippen MR) is 260 cm³/mol. The third kappa shape index (κ3) is 46.7. The number of esters is 3. The van der Waals surface area contributed by atoms with E-state index in [9.17, 15) is 14.4 Å². The van der Waals surface area contributed by atoms with Gasteiger partial charge in [-0.15, -0.1) is 0 Å². The largest absolute Gasteiger partial charge is 0.462 e. The van der Waals surface area contributed by atoms with Crippen LogP contribution < -0.4 is 0 Å². The van der Waals surface area contributed by atoms with E-state index in [1.54, 1.807) is 0 Å². The summed E-state index contributed by atoms with van der Waals surface area (Å²) >= 11 is 0.